The summed E-state index contributed by atoms with van der Waals surface area (Å²) in [5, 5.41) is 8.63. The molecule has 0 bridgehead atoms. The molecule has 0 aliphatic rings. The van der Waals surface area contributed by atoms with E-state index in [2.05, 4.69) is 16.7 Å². The highest BCUT2D eigenvalue weighted by Crippen LogP contribution is 2.36. The molecule has 0 aliphatic carbocycles. The molecule has 0 unspecified atom stereocenters. The number of halogens is 5. The molecule has 0 amide bonds. The van der Waals surface area contributed by atoms with Gasteiger partial charge in [-0.05, 0) is 11.6 Å². The summed E-state index contributed by atoms with van der Waals surface area (Å²) in [4.78, 5) is 10.5. The van der Waals surface area contributed by atoms with Gasteiger partial charge >= 0.3 is 11.4 Å². The molecule has 1 rings (SSSR count). The Morgan fingerprint density at radius 3 is 2.40 bits per heavy atom. The van der Waals surface area contributed by atoms with Gasteiger partial charge in [0.2, 0.25) is 0 Å². The van der Waals surface area contributed by atoms with Gasteiger partial charge in [-0.3, -0.25) is 5.10 Å². The number of hydrogen-bond acceptors (Lipinski definition) is 2. The lowest BCUT2D eigenvalue weighted by molar-refractivity contribution is 0.0641. The van der Waals surface area contributed by atoms with Crippen LogP contribution in [0.15, 0.2) is 0 Å². The molecular formula is C6H3ClF4N2O2. The molecule has 0 spiro atoms. The minimum atomic E-state index is -4.11. The molecule has 0 atom stereocenters. The van der Waals surface area contributed by atoms with Gasteiger partial charge in [0.15, 0.2) is 5.69 Å². The number of nitrogens with one attached hydrogen (secondary N) is 1. The van der Waals surface area contributed by atoms with Gasteiger partial charge in [-0.1, -0.05) is 0 Å². The van der Waals surface area contributed by atoms with Crippen LogP contribution in [0.5, 0.6) is 0 Å². The fourth-order valence-corrected chi connectivity index (χ4v) is 1.07. The van der Waals surface area contributed by atoms with E-state index in [1.807, 2.05) is 0 Å². The number of aromatic carboxylic acids is 1. The molecule has 84 valence electrons. The molecule has 2 N–H and O–H groups in total. The van der Waals surface area contributed by atoms with E-state index in [0.29, 0.717) is 0 Å². The third-order valence-corrected chi connectivity index (χ3v) is 1.67. The molecule has 9 heteroatoms. The van der Waals surface area contributed by atoms with E-state index in [4.69, 9.17) is 5.11 Å². The van der Waals surface area contributed by atoms with Gasteiger partial charge in [0.1, 0.15) is 11.3 Å². The summed E-state index contributed by atoms with van der Waals surface area (Å²) in [6.07, 6.45) is -3.25. The molecule has 0 aromatic carbocycles. The van der Waals surface area contributed by atoms with Crippen molar-refractivity contribution in [1.82, 2.24) is 10.2 Å². The summed E-state index contributed by atoms with van der Waals surface area (Å²) >= 11 is 4.50. The topological polar surface area (TPSA) is 66.0 Å². The minimum Gasteiger partial charge on any atom is -0.478 e. The summed E-state index contributed by atoms with van der Waals surface area (Å²) in [6.45, 7) is 0. The lowest BCUT2D eigenvalue weighted by Gasteiger charge is -2.05. The molecule has 0 saturated heterocycles. The number of hydrogen-bond donors (Lipinski definition) is 2. The standard InChI is InChI=1S/C6H3ClF4N2O2/c7-6(10,11)3-1(5(14)15)2(4(8)9)12-13-3/h4H,(H,12,13)(H,14,15). The van der Waals surface area contributed by atoms with E-state index in [9.17, 15) is 22.4 Å². The predicted molar refractivity (Wildman–Crippen MR) is 40.3 cm³/mol. The van der Waals surface area contributed by atoms with Gasteiger partial charge < -0.3 is 5.11 Å². The number of aromatic nitrogens is 2. The van der Waals surface area contributed by atoms with Crippen molar-refractivity contribution >= 4 is 17.6 Å². The van der Waals surface area contributed by atoms with Crippen LogP contribution in [0.3, 0.4) is 0 Å². The molecule has 0 aliphatic heterocycles. The van der Waals surface area contributed by atoms with Crippen molar-refractivity contribution in [2.75, 3.05) is 0 Å². The molecule has 0 fully saturated rings. The van der Waals surface area contributed by atoms with Crippen LogP contribution < -0.4 is 0 Å². The Kier molecular flexibility index (Phi) is 2.89. The molecular weight excluding hydrogens is 244 g/mol. The number of aromatic amines is 1. The molecule has 0 radical (unpaired) electrons. The van der Waals surface area contributed by atoms with Crippen molar-refractivity contribution in [3.63, 3.8) is 0 Å². The first-order chi connectivity index (χ1) is 6.75. The number of carboxylic acids is 1. The van der Waals surface area contributed by atoms with E-state index in [1.54, 1.807) is 0 Å². The third kappa shape index (κ3) is 2.20. The highest BCUT2D eigenvalue weighted by atomic mass is 35.5. The molecule has 1 aromatic heterocycles. The zero-order chi connectivity index (χ0) is 11.8. The van der Waals surface area contributed by atoms with E-state index >= 15 is 0 Å². The third-order valence-electron chi connectivity index (χ3n) is 1.49. The first-order valence-electron chi connectivity index (χ1n) is 3.42. The van der Waals surface area contributed by atoms with E-state index in [1.165, 1.54) is 5.10 Å². The number of H-pyrrole nitrogens is 1. The van der Waals surface area contributed by atoms with Gasteiger partial charge in [0.05, 0.1) is 0 Å². The number of carbonyl (C=O) groups is 1. The van der Waals surface area contributed by atoms with Crippen molar-refractivity contribution < 1.29 is 27.5 Å². The van der Waals surface area contributed by atoms with Crippen LogP contribution in [-0.2, 0) is 5.38 Å². The molecule has 15 heavy (non-hydrogen) atoms. The Labute approximate surface area is 84.8 Å². The van der Waals surface area contributed by atoms with Crippen molar-refractivity contribution in [2.45, 2.75) is 11.8 Å². The van der Waals surface area contributed by atoms with Crippen molar-refractivity contribution in [3.05, 3.63) is 17.0 Å². The van der Waals surface area contributed by atoms with Crippen molar-refractivity contribution in [1.29, 1.82) is 0 Å². The Morgan fingerprint density at radius 2 is 2.07 bits per heavy atom. The van der Waals surface area contributed by atoms with Crippen LogP contribution in [0, 0.1) is 0 Å². The number of rotatable bonds is 3. The second-order valence-electron chi connectivity index (χ2n) is 2.46. The summed E-state index contributed by atoms with van der Waals surface area (Å²) in [5.74, 6) is -1.95. The van der Waals surface area contributed by atoms with Crippen molar-refractivity contribution in [3.8, 4) is 0 Å². The Hall–Kier alpha value is -1.31. The molecule has 1 aromatic rings. The van der Waals surface area contributed by atoms with Gasteiger partial charge in [-0.2, -0.15) is 13.9 Å². The Bertz CT molecular complexity index is 387. The maximum atomic E-state index is 12.5. The van der Waals surface area contributed by atoms with Crippen LogP contribution in [0.2, 0.25) is 0 Å². The fourth-order valence-electron chi connectivity index (χ4n) is 0.935. The van der Waals surface area contributed by atoms with E-state index in [0.717, 1.165) is 0 Å². The second kappa shape index (κ2) is 3.69. The lowest BCUT2D eigenvalue weighted by atomic mass is 10.2. The second-order valence-corrected chi connectivity index (χ2v) is 2.94. The maximum absolute atomic E-state index is 12.5. The quantitative estimate of drug-likeness (QED) is 0.635. The zero-order valence-corrected chi connectivity index (χ0v) is 7.53. The summed E-state index contributed by atoms with van der Waals surface area (Å²) in [6, 6.07) is 0. The summed E-state index contributed by atoms with van der Waals surface area (Å²) < 4.78 is 49.4. The highest BCUT2D eigenvalue weighted by Gasteiger charge is 2.39. The van der Waals surface area contributed by atoms with Crippen LogP contribution in [-0.4, -0.2) is 21.3 Å². The monoisotopic (exact) mass is 246 g/mol. The lowest BCUT2D eigenvalue weighted by Crippen LogP contribution is -2.12. The molecule has 1 heterocycles. The number of nitrogens with zero attached hydrogens (tertiary/aromatic N) is 1. The number of alkyl halides is 5. The van der Waals surface area contributed by atoms with E-state index < -0.39 is 34.7 Å². The normalized spacial score (nSPS) is 12.1. The SMILES string of the molecule is O=C(O)c1c(C(F)(F)Cl)n[nH]c1C(F)F. The minimum absolute atomic E-state index is 1.20. The first kappa shape index (κ1) is 11.8. The maximum Gasteiger partial charge on any atom is 0.367 e. The molecule has 4 nitrogen and oxygen atoms in total. The summed E-state index contributed by atoms with van der Waals surface area (Å²) in [7, 11) is 0. The molecule has 0 saturated carbocycles. The van der Waals surface area contributed by atoms with Crippen LogP contribution >= 0.6 is 11.6 Å². The van der Waals surface area contributed by atoms with Gasteiger partial charge in [0.25, 0.3) is 6.43 Å². The van der Waals surface area contributed by atoms with Crippen LogP contribution in [0.25, 0.3) is 0 Å². The van der Waals surface area contributed by atoms with Gasteiger partial charge in [-0.15, -0.1) is 0 Å². The summed E-state index contributed by atoms with van der Waals surface area (Å²) in [5.41, 5.74) is -3.92. The zero-order valence-electron chi connectivity index (χ0n) is 6.77. The smallest absolute Gasteiger partial charge is 0.367 e. The van der Waals surface area contributed by atoms with Gasteiger partial charge in [-0.25, -0.2) is 13.6 Å². The highest BCUT2D eigenvalue weighted by molar-refractivity contribution is 6.22. The van der Waals surface area contributed by atoms with Crippen LogP contribution in [0.4, 0.5) is 17.6 Å². The number of carboxylic acid groups (broad SMARTS) is 1. The average Bonchev–Trinajstić information content (AvgIpc) is 2.45. The fraction of sp³-hybridized carbons (Fsp3) is 0.333. The Balaban J connectivity index is 3.37. The van der Waals surface area contributed by atoms with Gasteiger partial charge in [0, 0.05) is 0 Å². The average molecular weight is 247 g/mol. The Morgan fingerprint density at radius 1 is 1.53 bits per heavy atom. The predicted octanol–water partition coefficient (Wildman–Crippen LogP) is 2.33. The van der Waals surface area contributed by atoms with Crippen LogP contribution in [0.1, 0.15) is 28.2 Å². The van der Waals surface area contributed by atoms with E-state index in [-0.39, 0.29) is 0 Å². The largest absolute Gasteiger partial charge is 0.478 e. The first-order valence-corrected chi connectivity index (χ1v) is 3.79. The van der Waals surface area contributed by atoms with Crippen molar-refractivity contribution in [2.24, 2.45) is 0 Å².